The number of rotatable bonds is 7. The zero-order chi connectivity index (χ0) is 15.1. The maximum atomic E-state index is 10.7. The first-order chi connectivity index (χ1) is 9.43. The Bertz CT molecular complexity index is 508. The van der Waals surface area contributed by atoms with Crippen molar-refractivity contribution in [3.63, 3.8) is 0 Å². The third-order valence-corrected chi connectivity index (χ3v) is 2.99. The van der Waals surface area contributed by atoms with Crippen LogP contribution < -0.4 is 5.32 Å². The van der Waals surface area contributed by atoms with Crippen LogP contribution in [0.4, 0.5) is 11.5 Å². The quantitative estimate of drug-likeness (QED) is 0.608. The Morgan fingerprint density at radius 3 is 2.65 bits per heavy atom. The third-order valence-electron chi connectivity index (χ3n) is 2.99. The van der Waals surface area contributed by atoms with Crippen molar-refractivity contribution in [3.05, 3.63) is 27.9 Å². The van der Waals surface area contributed by atoms with Gasteiger partial charge < -0.3 is 5.32 Å². The highest BCUT2D eigenvalue weighted by atomic mass is 16.6. The van der Waals surface area contributed by atoms with E-state index in [4.69, 9.17) is 5.26 Å². The molecule has 1 heterocycles. The molecule has 0 amide bonds. The summed E-state index contributed by atoms with van der Waals surface area (Å²) in [5.41, 5.74) is -0.417. The first-order valence-electron chi connectivity index (χ1n) is 6.76. The van der Waals surface area contributed by atoms with Gasteiger partial charge in [0.1, 0.15) is 11.9 Å². The summed E-state index contributed by atoms with van der Waals surface area (Å²) < 4.78 is 0. The van der Waals surface area contributed by atoms with E-state index in [2.05, 4.69) is 24.1 Å². The molecule has 108 valence electrons. The fourth-order valence-electron chi connectivity index (χ4n) is 1.92. The minimum atomic E-state index is -0.596. The minimum absolute atomic E-state index is 0.158. The molecule has 1 rings (SSSR count). The number of nitrogens with zero attached hydrogens (tertiary/aromatic N) is 3. The van der Waals surface area contributed by atoms with Gasteiger partial charge in [-0.3, -0.25) is 10.1 Å². The Labute approximate surface area is 119 Å². The number of nitrogens with one attached hydrogen (secondary N) is 1. The molecule has 1 aromatic heterocycles. The van der Waals surface area contributed by atoms with Crippen LogP contribution in [0.5, 0.6) is 0 Å². The number of nitro groups is 1. The average Bonchev–Trinajstić information content (AvgIpc) is 2.37. The number of anilines is 1. The highest BCUT2D eigenvalue weighted by molar-refractivity contribution is 5.50. The Morgan fingerprint density at radius 1 is 1.40 bits per heavy atom. The molecule has 0 fully saturated rings. The van der Waals surface area contributed by atoms with Crippen LogP contribution >= 0.6 is 0 Å². The van der Waals surface area contributed by atoms with Gasteiger partial charge in [0.25, 0.3) is 0 Å². The van der Waals surface area contributed by atoms with Gasteiger partial charge in [-0.2, -0.15) is 5.26 Å². The molecule has 0 spiro atoms. The summed E-state index contributed by atoms with van der Waals surface area (Å²) in [4.78, 5) is 14.1. The number of aromatic nitrogens is 1. The monoisotopic (exact) mass is 276 g/mol. The van der Waals surface area contributed by atoms with Gasteiger partial charge in [0.05, 0.1) is 4.92 Å². The van der Waals surface area contributed by atoms with E-state index < -0.39 is 4.92 Å². The summed E-state index contributed by atoms with van der Waals surface area (Å²) in [5, 5.41) is 22.8. The fourth-order valence-corrected chi connectivity index (χ4v) is 1.92. The van der Waals surface area contributed by atoms with Crippen LogP contribution in [-0.2, 0) is 0 Å². The third kappa shape index (κ3) is 4.84. The molecule has 6 nitrogen and oxygen atoms in total. The van der Waals surface area contributed by atoms with Crippen molar-refractivity contribution in [3.8, 4) is 6.07 Å². The van der Waals surface area contributed by atoms with Crippen LogP contribution in [0.2, 0.25) is 0 Å². The maximum Gasteiger partial charge on any atom is 0.305 e. The van der Waals surface area contributed by atoms with Gasteiger partial charge in [0, 0.05) is 12.1 Å². The number of nitriles is 1. The van der Waals surface area contributed by atoms with E-state index in [0.717, 1.165) is 12.8 Å². The summed E-state index contributed by atoms with van der Waals surface area (Å²) in [6, 6.07) is 4.83. The standard InChI is InChI=1S/C14H20N4O2/c1-10(2)5-4-6-11(3)16-14-8-7-13(18(19)20)12(9-15)17-14/h7-8,10-11H,4-6H2,1-3H3,(H,16,17). The smallest absolute Gasteiger partial charge is 0.305 e. The van der Waals surface area contributed by atoms with E-state index >= 15 is 0 Å². The normalized spacial score (nSPS) is 11.9. The van der Waals surface area contributed by atoms with E-state index in [1.54, 1.807) is 6.07 Å². The lowest BCUT2D eigenvalue weighted by molar-refractivity contribution is -0.385. The van der Waals surface area contributed by atoms with Gasteiger partial charge in [-0.25, -0.2) is 4.98 Å². The topological polar surface area (TPSA) is 91.9 Å². The van der Waals surface area contributed by atoms with Crippen molar-refractivity contribution in [2.45, 2.75) is 46.1 Å². The molecular weight excluding hydrogens is 256 g/mol. The molecule has 6 heteroatoms. The summed E-state index contributed by atoms with van der Waals surface area (Å²) in [6.07, 6.45) is 3.28. The van der Waals surface area contributed by atoms with Crippen molar-refractivity contribution in [2.24, 2.45) is 5.92 Å². The van der Waals surface area contributed by atoms with Gasteiger partial charge >= 0.3 is 5.69 Å². The molecule has 20 heavy (non-hydrogen) atoms. The van der Waals surface area contributed by atoms with E-state index in [1.807, 2.05) is 6.92 Å². The Kier molecular flexibility index (Phi) is 5.91. The predicted octanol–water partition coefficient (Wildman–Crippen LogP) is 3.49. The van der Waals surface area contributed by atoms with Crippen LogP contribution in [0.1, 0.15) is 45.7 Å². The van der Waals surface area contributed by atoms with Crippen LogP contribution in [0.25, 0.3) is 0 Å². The highest BCUT2D eigenvalue weighted by Crippen LogP contribution is 2.19. The molecule has 1 N–H and O–H groups in total. The van der Waals surface area contributed by atoms with Gasteiger partial charge in [0.2, 0.25) is 5.69 Å². The van der Waals surface area contributed by atoms with E-state index in [1.165, 1.54) is 18.6 Å². The molecule has 1 atom stereocenters. The fraction of sp³-hybridized carbons (Fsp3) is 0.571. The highest BCUT2D eigenvalue weighted by Gasteiger charge is 2.16. The molecule has 0 radical (unpaired) electrons. The van der Waals surface area contributed by atoms with Crippen molar-refractivity contribution in [1.29, 1.82) is 5.26 Å². The molecule has 0 aromatic carbocycles. The summed E-state index contributed by atoms with van der Waals surface area (Å²) in [5.74, 6) is 1.19. The lowest BCUT2D eigenvalue weighted by Gasteiger charge is -2.15. The van der Waals surface area contributed by atoms with Crippen LogP contribution in [0, 0.1) is 27.4 Å². The molecule has 0 aliphatic rings. The zero-order valence-corrected chi connectivity index (χ0v) is 12.1. The SMILES string of the molecule is CC(C)CCCC(C)Nc1ccc([N+](=O)[O-])c(C#N)n1. The van der Waals surface area contributed by atoms with Gasteiger partial charge in [-0.05, 0) is 25.3 Å². The second-order valence-corrected chi connectivity index (χ2v) is 5.30. The lowest BCUT2D eigenvalue weighted by atomic mass is 10.0. The minimum Gasteiger partial charge on any atom is -0.368 e. The first-order valence-corrected chi connectivity index (χ1v) is 6.76. The first kappa shape index (κ1) is 15.9. The van der Waals surface area contributed by atoms with E-state index in [-0.39, 0.29) is 17.4 Å². The van der Waals surface area contributed by atoms with Crippen LogP contribution in [0.15, 0.2) is 12.1 Å². The molecule has 0 aliphatic heterocycles. The molecule has 0 aliphatic carbocycles. The number of pyridine rings is 1. The van der Waals surface area contributed by atoms with E-state index in [0.29, 0.717) is 11.7 Å². The zero-order valence-electron chi connectivity index (χ0n) is 12.1. The Hall–Kier alpha value is -2.16. The Morgan fingerprint density at radius 2 is 2.10 bits per heavy atom. The molecule has 0 saturated heterocycles. The maximum absolute atomic E-state index is 10.7. The Balaban J connectivity index is 2.64. The molecule has 0 bridgehead atoms. The summed E-state index contributed by atoms with van der Waals surface area (Å²) >= 11 is 0. The second kappa shape index (κ2) is 7.43. The van der Waals surface area contributed by atoms with Gasteiger partial charge in [-0.1, -0.05) is 26.7 Å². The van der Waals surface area contributed by atoms with Crippen LogP contribution in [0.3, 0.4) is 0 Å². The molecule has 1 unspecified atom stereocenters. The molecule has 0 saturated carbocycles. The summed E-state index contributed by atoms with van der Waals surface area (Å²) in [7, 11) is 0. The van der Waals surface area contributed by atoms with Crippen molar-refractivity contribution in [2.75, 3.05) is 5.32 Å². The predicted molar refractivity (Wildman–Crippen MR) is 77.4 cm³/mol. The lowest BCUT2D eigenvalue weighted by Crippen LogP contribution is -2.16. The van der Waals surface area contributed by atoms with Crippen molar-refractivity contribution < 1.29 is 4.92 Å². The summed E-state index contributed by atoms with van der Waals surface area (Å²) in [6.45, 7) is 6.42. The largest absolute Gasteiger partial charge is 0.368 e. The second-order valence-electron chi connectivity index (χ2n) is 5.30. The van der Waals surface area contributed by atoms with Crippen LogP contribution in [-0.4, -0.2) is 15.9 Å². The number of hydrogen-bond acceptors (Lipinski definition) is 5. The van der Waals surface area contributed by atoms with Crippen molar-refractivity contribution >= 4 is 11.5 Å². The van der Waals surface area contributed by atoms with Gasteiger partial charge in [0.15, 0.2) is 0 Å². The molecule has 1 aromatic rings. The van der Waals surface area contributed by atoms with E-state index in [9.17, 15) is 10.1 Å². The van der Waals surface area contributed by atoms with Crippen molar-refractivity contribution in [1.82, 2.24) is 4.98 Å². The number of hydrogen-bond donors (Lipinski definition) is 1. The van der Waals surface area contributed by atoms with Gasteiger partial charge in [-0.15, -0.1) is 0 Å². The average molecular weight is 276 g/mol. The molecular formula is C14H20N4O2.